The number of ether oxygens (including phenoxy) is 1. The lowest BCUT2D eigenvalue weighted by atomic mass is 10.2. The first-order chi connectivity index (χ1) is 6.86. The molecule has 0 amide bonds. The average Bonchev–Trinajstić information content (AvgIpc) is 2.25. The van der Waals surface area contributed by atoms with E-state index in [4.69, 9.17) is 9.94 Å². The van der Waals surface area contributed by atoms with E-state index in [2.05, 4.69) is 6.58 Å². The van der Waals surface area contributed by atoms with Crippen molar-refractivity contribution in [2.24, 2.45) is 0 Å². The third-order valence-corrected chi connectivity index (χ3v) is 1.62. The summed E-state index contributed by atoms with van der Waals surface area (Å²) in [5.74, 6) is 0.281. The van der Waals surface area contributed by atoms with Crippen LogP contribution in [0.25, 0.3) is 0 Å². The SMILES string of the molecule is C=C/C=C(\NO)OCc1ccccc1. The fourth-order valence-electron chi connectivity index (χ4n) is 0.960. The highest BCUT2D eigenvalue weighted by Crippen LogP contribution is 2.03. The van der Waals surface area contributed by atoms with Crippen LogP contribution in [0.15, 0.2) is 54.9 Å². The normalized spacial score (nSPS) is 10.8. The zero-order valence-corrected chi connectivity index (χ0v) is 7.81. The molecular weight excluding hydrogens is 178 g/mol. The second-order valence-electron chi connectivity index (χ2n) is 2.65. The molecule has 0 atom stereocenters. The van der Waals surface area contributed by atoms with Gasteiger partial charge in [-0.2, -0.15) is 0 Å². The molecule has 0 spiro atoms. The van der Waals surface area contributed by atoms with Crippen LogP contribution in [-0.4, -0.2) is 5.21 Å². The molecule has 3 heteroatoms. The predicted molar refractivity (Wildman–Crippen MR) is 54.4 cm³/mol. The fraction of sp³-hybridized carbons (Fsp3) is 0.0909. The zero-order valence-electron chi connectivity index (χ0n) is 7.81. The van der Waals surface area contributed by atoms with Gasteiger partial charge in [0.25, 0.3) is 0 Å². The second kappa shape index (κ2) is 5.83. The molecule has 0 saturated carbocycles. The van der Waals surface area contributed by atoms with E-state index in [0.717, 1.165) is 5.56 Å². The van der Waals surface area contributed by atoms with Crippen LogP contribution in [0.2, 0.25) is 0 Å². The number of rotatable bonds is 5. The summed E-state index contributed by atoms with van der Waals surface area (Å²) < 4.78 is 5.25. The lowest BCUT2D eigenvalue weighted by Gasteiger charge is -2.07. The molecule has 0 aromatic heterocycles. The van der Waals surface area contributed by atoms with Gasteiger partial charge in [-0.05, 0) is 11.6 Å². The van der Waals surface area contributed by atoms with Gasteiger partial charge in [0, 0.05) is 0 Å². The Morgan fingerprint density at radius 1 is 1.43 bits per heavy atom. The maximum Gasteiger partial charge on any atom is 0.211 e. The van der Waals surface area contributed by atoms with Crippen LogP contribution in [-0.2, 0) is 11.3 Å². The molecule has 0 aliphatic heterocycles. The smallest absolute Gasteiger partial charge is 0.211 e. The van der Waals surface area contributed by atoms with Crippen molar-refractivity contribution in [3.8, 4) is 0 Å². The van der Waals surface area contributed by atoms with Crippen LogP contribution >= 0.6 is 0 Å². The summed E-state index contributed by atoms with van der Waals surface area (Å²) >= 11 is 0. The average molecular weight is 191 g/mol. The highest BCUT2D eigenvalue weighted by molar-refractivity contribution is 5.14. The summed E-state index contributed by atoms with van der Waals surface area (Å²) in [7, 11) is 0. The minimum atomic E-state index is 0.281. The van der Waals surface area contributed by atoms with E-state index in [1.807, 2.05) is 35.8 Å². The molecule has 3 nitrogen and oxygen atoms in total. The Hall–Kier alpha value is -1.74. The highest BCUT2D eigenvalue weighted by Gasteiger charge is 1.95. The molecule has 0 bridgehead atoms. The van der Waals surface area contributed by atoms with Crippen molar-refractivity contribution in [3.63, 3.8) is 0 Å². The molecule has 1 aromatic rings. The van der Waals surface area contributed by atoms with Crippen molar-refractivity contribution in [3.05, 3.63) is 60.5 Å². The summed E-state index contributed by atoms with van der Waals surface area (Å²) in [5.41, 5.74) is 2.98. The van der Waals surface area contributed by atoms with Crippen molar-refractivity contribution in [2.75, 3.05) is 0 Å². The Balaban J connectivity index is 2.47. The number of allylic oxidation sites excluding steroid dienone is 2. The van der Waals surface area contributed by atoms with E-state index in [0.29, 0.717) is 6.61 Å². The largest absolute Gasteiger partial charge is 0.473 e. The molecule has 0 fully saturated rings. The summed E-state index contributed by atoms with van der Waals surface area (Å²) in [4.78, 5) is 0. The topological polar surface area (TPSA) is 41.5 Å². The fourth-order valence-corrected chi connectivity index (χ4v) is 0.960. The highest BCUT2D eigenvalue weighted by atomic mass is 16.6. The van der Waals surface area contributed by atoms with E-state index in [-0.39, 0.29) is 5.88 Å². The van der Waals surface area contributed by atoms with Crippen molar-refractivity contribution >= 4 is 0 Å². The van der Waals surface area contributed by atoms with Gasteiger partial charge in [0.1, 0.15) is 6.61 Å². The van der Waals surface area contributed by atoms with Crippen molar-refractivity contribution in [1.29, 1.82) is 0 Å². The Morgan fingerprint density at radius 2 is 2.14 bits per heavy atom. The van der Waals surface area contributed by atoms with Crippen LogP contribution < -0.4 is 5.48 Å². The monoisotopic (exact) mass is 191 g/mol. The molecule has 2 N–H and O–H groups in total. The molecule has 0 radical (unpaired) electrons. The quantitative estimate of drug-likeness (QED) is 0.426. The molecule has 0 saturated heterocycles. The Bertz CT molecular complexity index is 306. The van der Waals surface area contributed by atoms with Gasteiger partial charge in [-0.3, -0.25) is 5.21 Å². The molecule has 0 aliphatic carbocycles. The van der Waals surface area contributed by atoms with Gasteiger partial charge in [0.15, 0.2) is 0 Å². The molecule has 0 aliphatic rings. The first-order valence-electron chi connectivity index (χ1n) is 4.26. The minimum absolute atomic E-state index is 0.281. The van der Waals surface area contributed by atoms with Gasteiger partial charge >= 0.3 is 0 Å². The Labute approximate surface area is 83.3 Å². The predicted octanol–water partition coefficient (Wildman–Crippen LogP) is 2.21. The summed E-state index contributed by atoms with van der Waals surface area (Å²) in [6.45, 7) is 3.91. The summed E-state index contributed by atoms with van der Waals surface area (Å²) in [5, 5.41) is 8.64. The molecule has 1 rings (SSSR count). The van der Waals surface area contributed by atoms with E-state index in [1.54, 1.807) is 6.08 Å². The van der Waals surface area contributed by atoms with E-state index < -0.39 is 0 Å². The van der Waals surface area contributed by atoms with Crippen LogP contribution in [0.1, 0.15) is 5.56 Å². The lowest BCUT2D eigenvalue weighted by molar-refractivity contribution is 0.0827. The third-order valence-electron chi connectivity index (χ3n) is 1.62. The van der Waals surface area contributed by atoms with Crippen LogP contribution in [0.4, 0.5) is 0 Å². The number of benzene rings is 1. The summed E-state index contributed by atoms with van der Waals surface area (Å²) in [6, 6.07) is 9.70. The first-order valence-corrected chi connectivity index (χ1v) is 4.26. The van der Waals surface area contributed by atoms with Gasteiger partial charge < -0.3 is 4.74 Å². The maximum atomic E-state index is 8.64. The van der Waals surface area contributed by atoms with Crippen molar-refractivity contribution in [1.82, 2.24) is 5.48 Å². The molecule has 1 aromatic carbocycles. The van der Waals surface area contributed by atoms with Gasteiger partial charge in [0.2, 0.25) is 5.88 Å². The zero-order chi connectivity index (χ0) is 10.2. The van der Waals surface area contributed by atoms with E-state index >= 15 is 0 Å². The first kappa shape index (κ1) is 10.3. The van der Waals surface area contributed by atoms with Crippen molar-refractivity contribution in [2.45, 2.75) is 6.61 Å². The van der Waals surface area contributed by atoms with E-state index in [9.17, 15) is 0 Å². The molecule has 14 heavy (non-hydrogen) atoms. The minimum Gasteiger partial charge on any atom is -0.473 e. The Kier molecular flexibility index (Phi) is 4.31. The van der Waals surface area contributed by atoms with Gasteiger partial charge in [0.05, 0.1) is 0 Å². The van der Waals surface area contributed by atoms with E-state index in [1.165, 1.54) is 6.08 Å². The standard InChI is InChI=1S/C11H13NO2/c1-2-6-11(12-13)14-9-10-7-4-3-5-8-10/h2-8,12-13H,1,9H2/b11-6+. The second-order valence-corrected chi connectivity index (χ2v) is 2.65. The number of hydroxylamine groups is 1. The van der Waals surface area contributed by atoms with Gasteiger partial charge in [-0.25, -0.2) is 5.48 Å². The maximum absolute atomic E-state index is 8.64. The number of nitrogens with one attached hydrogen (secondary N) is 1. The molecular formula is C11H13NO2. The van der Waals surface area contributed by atoms with Gasteiger partial charge in [-0.1, -0.05) is 43.0 Å². The van der Waals surface area contributed by atoms with Crippen LogP contribution in [0.3, 0.4) is 0 Å². The lowest BCUT2D eigenvalue weighted by Crippen LogP contribution is -2.10. The van der Waals surface area contributed by atoms with Crippen LogP contribution in [0.5, 0.6) is 0 Å². The molecule has 0 unspecified atom stereocenters. The Morgan fingerprint density at radius 3 is 2.71 bits per heavy atom. The molecule has 74 valence electrons. The third kappa shape index (κ3) is 3.33. The number of hydrogen-bond acceptors (Lipinski definition) is 3. The van der Waals surface area contributed by atoms with Crippen LogP contribution in [0, 0.1) is 0 Å². The number of hydrogen-bond donors (Lipinski definition) is 2. The van der Waals surface area contributed by atoms with Gasteiger partial charge in [-0.15, -0.1) is 0 Å². The molecule has 0 heterocycles. The summed E-state index contributed by atoms with van der Waals surface area (Å²) in [6.07, 6.45) is 3.08. The van der Waals surface area contributed by atoms with Crippen molar-refractivity contribution < 1.29 is 9.94 Å².